The lowest BCUT2D eigenvalue weighted by atomic mass is 9.98. The van der Waals surface area contributed by atoms with Crippen molar-refractivity contribution in [2.24, 2.45) is 17.6 Å². The summed E-state index contributed by atoms with van der Waals surface area (Å²) in [5.41, 5.74) is 4.98. The molecule has 6 nitrogen and oxygen atoms in total. The predicted octanol–water partition coefficient (Wildman–Crippen LogP) is -0.277. The highest BCUT2D eigenvalue weighted by atomic mass is 32.1. The molecule has 0 aliphatic heterocycles. The van der Waals surface area contributed by atoms with Crippen molar-refractivity contribution >= 4 is 30.5 Å². The van der Waals surface area contributed by atoms with E-state index in [9.17, 15) is 14.4 Å². The molecule has 104 valence electrons. The number of hydrogen-bond acceptors (Lipinski definition) is 6. The molecule has 0 aliphatic carbocycles. The molecule has 1 unspecified atom stereocenters. The minimum absolute atomic E-state index is 0.258. The Morgan fingerprint density at radius 3 is 2.33 bits per heavy atom. The molecule has 0 spiro atoms. The van der Waals surface area contributed by atoms with Gasteiger partial charge in [-0.15, -0.1) is 0 Å². The van der Waals surface area contributed by atoms with Crippen molar-refractivity contribution in [1.29, 1.82) is 0 Å². The summed E-state index contributed by atoms with van der Waals surface area (Å²) in [5, 5.41) is 2.41. The highest BCUT2D eigenvalue weighted by Gasteiger charge is 2.19. The Hall–Kier alpha value is -1.08. The van der Waals surface area contributed by atoms with E-state index in [2.05, 4.69) is 22.7 Å². The summed E-state index contributed by atoms with van der Waals surface area (Å²) in [6.07, 6.45) is 0.687. The summed E-state index contributed by atoms with van der Waals surface area (Å²) in [6.45, 7) is 3.29. The number of esters is 2. The van der Waals surface area contributed by atoms with Gasteiger partial charge in [-0.2, -0.15) is 12.6 Å². The average Bonchev–Trinajstić information content (AvgIpc) is 2.32. The maximum Gasteiger partial charge on any atom is 0.333 e. The molecule has 0 aromatic carbocycles. The summed E-state index contributed by atoms with van der Waals surface area (Å²) in [5.74, 6) is -1.40. The maximum atomic E-state index is 11.7. The Balaban J connectivity index is 4.07. The van der Waals surface area contributed by atoms with E-state index >= 15 is 0 Å². The lowest BCUT2D eigenvalue weighted by molar-refractivity contribution is -0.158. The van der Waals surface area contributed by atoms with Crippen LogP contribution in [0, 0.1) is 11.8 Å². The normalized spacial score (nSPS) is 12.1. The standard InChI is InChI=1S/C11H20N2O4S/c1-7(2)3-8(6-18)11(16)13-5-10(15)17-9(14)4-12/h7-8,18H,3-6,12H2,1-2H3,(H,13,16). The molecule has 0 fully saturated rings. The van der Waals surface area contributed by atoms with Crippen LogP contribution < -0.4 is 11.1 Å². The number of rotatable bonds is 7. The van der Waals surface area contributed by atoms with Crippen molar-refractivity contribution in [3.05, 3.63) is 0 Å². The molecule has 0 rings (SSSR count). The van der Waals surface area contributed by atoms with Gasteiger partial charge in [-0.05, 0) is 12.3 Å². The fourth-order valence-electron chi connectivity index (χ4n) is 1.34. The number of amides is 1. The Bertz CT molecular complexity index is 307. The quantitative estimate of drug-likeness (QED) is 0.337. The zero-order valence-electron chi connectivity index (χ0n) is 10.6. The van der Waals surface area contributed by atoms with Crippen molar-refractivity contribution in [1.82, 2.24) is 5.32 Å². The van der Waals surface area contributed by atoms with Crippen molar-refractivity contribution in [2.75, 3.05) is 18.8 Å². The largest absolute Gasteiger partial charge is 0.391 e. The van der Waals surface area contributed by atoms with Crippen LogP contribution in [0.4, 0.5) is 0 Å². The van der Waals surface area contributed by atoms with Crippen LogP contribution in [0.5, 0.6) is 0 Å². The van der Waals surface area contributed by atoms with Gasteiger partial charge < -0.3 is 15.8 Å². The summed E-state index contributed by atoms with van der Waals surface area (Å²) < 4.78 is 4.31. The van der Waals surface area contributed by atoms with Gasteiger partial charge in [0.05, 0.1) is 6.54 Å². The van der Waals surface area contributed by atoms with Crippen LogP contribution in [0.15, 0.2) is 0 Å². The Kier molecular flexibility index (Phi) is 8.40. The predicted molar refractivity (Wildman–Crippen MR) is 70.0 cm³/mol. The lowest BCUT2D eigenvalue weighted by Gasteiger charge is -2.15. The third-order valence-corrected chi connectivity index (χ3v) is 2.59. The molecular formula is C11H20N2O4S. The number of carbonyl (C=O) groups is 3. The monoisotopic (exact) mass is 276 g/mol. The summed E-state index contributed by atoms with van der Waals surface area (Å²) >= 11 is 4.10. The number of nitrogens with two attached hydrogens (primary N) is 1. The third kappa shape index (κ3) is 7.29. The first-order valence-electron chi connectivity index (χ1n) is 5.72. The van der Waals surface area contributed by atoms with Gasteiger partial charge in [-0.3, -0.25) is 9.59 Å². The minimum atomic E-state index is -0.818. The van der Waals surface area contributed by atoms with Gasteiger partial charge in [0.1, 0.15) is 6.54 Å². The number of nitrogens with one attached hydrogen (secondary N) is 1. The first-order valence-corrected chi connectivity index (χ1v) is 6.36. The molecule has 0 saturated heterocycles. The zero-order valence-corrected chi connectivity index (χ0v) is 11.5. The van der Waals surface area contributed by atoms with Crippen molar-refractivity contribution in [2.45, 2.75) is 20.3 Å². The van der Waals surface area contributed by atoms with Crippen LogP contribution in [0.25, 0.3) is 0 Å². The topological polar surface area (TPSA) is 98.5 Å². The molecule has 0 radical (unpaired) electrons. The summed E-state index contributed by atoms with van der Waals surface area (Å²) in [4.78, 5) is 33.5. The van der Waals surface area contributed by atoms with E-state index in [0.717, 1.165) is 0 Å². The van der Waals surface area contributed by atoms with E-state index in [-0.39, 0.29) is 24.9 Å². The Morgan fingerprint density at radius 2 is 1.89 bits per heavy atom. The van der Waals surface area contributed by atoms with E-state index in [1.165, 1.54) is 0 Å². The first-order chi connectivity index (χ1) is 8.40. The van der Waals surface area contributed by atoms with Gasteiger partial charge in [-0.1, -0.05) is 13.8 Å². The molecule has 0 bridgehead atoms. The average molecular weight is 276 g/mol. The molecule has 7 heteroatoms. The molecular weight excluding hydrogens is 256 g/mol. The smallest absolute Gasteiger partial charge is 0.333 e. The molecule has 0 aliphatic rings. The molecule has 1 amide bonds. The van der Waals surface area contributed by atoms with Gasteiger partial charge >= 0.3 is 11.9 Å². The van der Waals surface area contributed by atoms with E-state index < -0.39 is 11.9 Å². The van der Waals surface area contributed by atoms with Crippen molar-refractivity contribution in [3.8, 4) is 0 Å². The van der Waals surface area contributed by atoms with Crippen molar-refractivity contribution < 1.29 is 19.1 Å². The maximum absolute atomic E-state index is 11.7. The first kappa shape index (κ1) is 16.9. The van der Waals surface area contributed by atoms with E-state index in [1.807, 2.05) is 13.8 Å². The molecule has 0 aromatic heterocycles. The van der Waals surface area contributed by atoms with Crippen LogP contribution in [0.1, 0.15) is 20.3 Å². The van der Waals surface area contributed by atoms with Gasteiger partial charge in [0.15, 0.2) is 0 Å². The highest BCUT2D eigenvalue weighted by molar-refractivity contribution is 7.80. The number of hydrogen-bond donors (Lipinski definition) is 3. The molecule has 0 saturated carbocycles. The molecule has 0 heterocycles. The van der Waals surface area contributed by atoms with E-state index in [0.29, 0.717) is 18.1 Å². The number of carbonyl (C=O) groups excluding carboxylic acids is 3. The van der Waals surface area contributed by atoms with Crippen LogP contribution in [0.3, 0.4) is 0 Å². The van der Waals surface area contributed by atoms with Gasteiger partial charge in [0, 0.05) is 11.7 Å². The zero-order chi connectivity index (χ0) is 14.1. The summed E-state index contributed by atoms with van der Waals surface area (Å²) in [6, 6.07) is 0. The van der Waals surface area contributed by atoms with E-state index in [4.69, 9.17) is 5.73 Å². The third-order valence-electron chi connectivity index (χ3n) is 2.15. The fraction of sp³-hybridized carbons (Fsp3) is 0.727. The van der Waals surface area contributed by atoms with Crippen LogP contribution in [-0.4, -0.2) is 36.7 Å². The van der Waals surface area contributed by atoms with E-state index in [1.54, 1.807) is 0 Å². The second-order valence-electron chi connectivity index (χ2n) is 4.28. The molecule has 3 N–H and O–H groups in total. The van der Waals surface area contributed by atoms with Gasteiger partial charge in [0.25, 0.3) is 0 Å². The van der Waals surface area contributed by atoms with Crippen molar-refractivity contribution in [3.63, 3.8) is 0 Å². The highest BCUT2D eigenvalue weighted by Crippen LogP contribution is 2.13. The molecule has 18 heavy (non-hydrogen) atoms. The molecule has 0 aromatic rings. The molecule has 1 atom stereocenters. The second kappa shape index (κ2) is 8.93. The second-order valence-corrected chi connectivity index (χ2v) is 4.64. The Labute approximate surface area is 112 Å². The van der Waals surface area contributed by atoms with Crippen LogP contribution in [-0.2, 0) is 19.1 Å². The fourth-order valence-corrected chi connectivity index (χ4v) is 1.66. The summed E-state index contributed by atoms with van der Waals surface area (Å²) in [7, 11) is 0. The van der Waals surface area contributed by atoms with Crippen LogP contribution >= 0.6 is 12.6 Å². The SMILES string of the molecule is CC(C)CC(CS)C(=O)NCC(=O)OC(=O)CN. The number of thiol groups is 1. The minimum Gasteiger partial charge on any atom is -0.391 e. The van der Waals surface area contributed by atoms with Crippen LogP contribution in [0.2, 0.25) is 0 Å². The van der Waals surface area contributed by atoms with Gasteiger partial charge in [0.2, 0.25) is 5.91 Å². The van der Waals surface area contributed by atoms with Gasteiger partial charge in [-0.25, -0.2) is 4.79 Å². The Morgan fingerprint density at radius 1 is 1.28 bits per heavy atom. The lowest BCUT2D eigenvalue weighted by Crippen LogP contribution is -2.37. The number of ether oxygens (including phenoxy) is 1.